The fraction of sp³-hybridized carbons (Fsp3) is 0.556. The van der Waals surface area contributed by atoms with Crippen LogP contribution in [0.1, 0.15) is 12.5 Å². The third kappa shape index (κ3) is 3.61. The standard InChI is InChI=1S/C9H15NS2/c1-8(4-10)5-12-7-9-2-3-11-6-9/h2-3,6,8H,4-5,7,10H2,1H3. The van der Waals surface area contributed by atoms with E-state index in [1.807, 2.05) is 11.8 Å². The van der Waals surface area contributed by atoms with Gasteiger partial charge in [-0.1, -0.05) is 6.92 Å². The highest BCUT2D eigenvalue weighted by Crippen LogP contribution is 2.16. The minimum Gasteiger partial charge on any atom is -0.330 e. The van der Waals surface area contributed by atoms with Crippen molar-refractivity contribution in [1.29, 1.82) is 0 Å². The molecule has 0 bridgehead atoms. The molecule has 3 heteroatoms. The molecule has 1 heterocycles. The Hall–Kier alpha value is 0.01000. The second-order valence-corrected chi connectivity index (χ2v) is 4.80. The van der Waals surface area contributed by atoms with E-state index in [2.05, 4.69) is 23.8 Å². The lowest BCUT2D eigenvalue weighted by atomic mass is 10.2. The Morgan fingerprint density at radius 1 is 1.67 bits per heavy atom. The highest BCUT2D eigenvalue weighted by Gasteiger charge is 1.99. The summed E-state index contributed by atoms with van der Waals surface area (Å²) in [7, 11) is 0. The first kappa shape index (κ1) is 10.1. The van der Waals surface area contributed by atoms with Crippen molar-refractivity contribution in [2.24, 2.45) is 11.7 Å². The minimum absolute atomic E-state index is 0.647. The molecule has 1 atom stereocenters. The Kier molecular flexibility index (Phi) is 4.73. The molecular formula is C9H15NS2. The third-order valence-electron chi connectivity index (χ3n) is 1.65. The van der Waals surface area contributed by atoms with Crippen LogP contribution in [-0.4, -0.2) is 12.3 Å². The predicted molar refractivity (Wildman–Crippen MR) is 58.7 cm³/mol. The zero-order valence-corrected chi connectivity index (χ0v) is 8.96. The van der Waals surface area contributed by atoms with Crippen LogP contribution < -0.4 is 5.73 Å². The molecule has 0 spiro atoms. The highest BCUT2D eigenvalue weighted by atomic mass is 32.2. The molecule has 0 aromatic carbocycles. The van der Waals surface area contributed by atoms with Crippen molar-refractivity contribution < 1.29 is 0 Å². The van der Waals surface area contributed by atoms with Crippen molar-refractivity contribution in [3.05, 3.63) is 22.4 Å². The average Bonchev–Trinajstić information content (AvgIpc) is 2.57. The zero-order chi connectivity index (χ0) is 8.81. The first-order chi connectivity index (χ1) is 5.83. The summed E-state index contributed by atoms with van der Waals surface area (Å²) < 4.78 is 0. The first-order valence-corrected chi connectivity index (χ1v) is 6.21. The SMILES string of the molecule is CC(CN)CSCc1ccsc1. The molecule has 0 aliphatic carbocycles. The summed E-state index contributed by atoms with van der Waals surface area (Å²) >= 11 is 3.74. The Morgan fingerprint density at radius 2 is 2.50 bits per heavy atom. The lowest BCUT2D eigenvalue weighted by Gasteiger charge is -2.06. The van der Waals surface area contributed by atoms with Crippen molar-refractivity contribution in [3.8, 4) is 0 Å². The maximum atomic E-state index is 5.52. The van der Waals surface area contributed by atoms with Gasteiger partial charge in [0.05, 0.1) is 0 Å². The van der Waals surface area contributed by atoms with Crippen LogP contribution in [0.3, 0.4) is 0 Å². The lowest BCUT2D eigenvalue weighted by Crippen LogP contribution is -2.12. The quantitative estimate of drug-likeness (QED) is 0.792. The molecule has 0 saturated carbocycles. The number of hydrogen-bond acceptors (Lipinski definition) is 3. The van der Waals surface area contributed by atoms with Crippen molar-refractivity contribution in [2.75, 3.05) is 12.3 Å². The fourth-order valence-electron chi connectivity index (χ4n) is 0.821. The Labute approximate surface area is 82.4 Å². The van der Waals surface area contributed by atoms with Gasteiger partial charge in [-0.05, 0) is 40.6 Å². The molecule has 1 rings (SSSR count). The Morgan fingerprint density at radius 3 is 3.08 bits per heavy atom. The van der Waals surface area contributed by atoms with Gasteiger partial charge < -0.3 is 5.73 Å². The number of rotatable bonds is 5. The molecule has 0 fully saturated rings. The average molecular weight is 201 g/mol. The molecule has 1 unspecified atom stereocenters. The molecule has 0 amide bonds. The summed E-state index contributed by atoms with van der Waals surface area (Å²) in [5, 5.41) is 4.34. The predicted octanol–water partition coefficient (Wildman–Crippen LogP) is 2.58. The van der Waals surface area contributed by atoms with Crippen LogP contribution in [0.2, 0.25) is 0 Å². The van der Waals surface area contributed by atoms with E-state index in [-0.39, 0.29) is 0 Å². The van der Waals surface area contributed by atoms with Crippen LogP contribution in [0.15, 0.2) is 16.8 Å². The molecule has 0 saturated heterocycles. The normalized spacial score (nSPS) is 13.2. The van der Waals surface area contributed by atoms with Crippen LogP contribution in [-0.2, 0) is 5.75 Å². The maximum absolute atomic E-state index is 5.52. The molecule has 0 radical (unpaired) electrons. The van der Waals surface area contributed by atoms with Gasteiger partial charge in [-0.3, -0.25) is 0 Å². The minimum atomic E-state index is 0.647. The van der Waals surface area contributed by atoms with E-state index >= 15 is 0 Å². The summed E-state index contributed by atoms with van der Waals surface area (Å²) in [5.41, 5.74) is 6.96. The topological polar surface area (TPSA) is 26.0 Å². The van der Waals surface area contributed by atoms with Gasteiger partial charge in [-0.25, -0.2) is 0 Å². The monoisotopic (exact) mass is 201 g/mol. The first-order valence-electron chi connectivity index (χ1n) is 4.12. The fourth-order valence-corrected chi connectivity index (χ4v) is 2.67. The van der Waals surface area contributed by atoms with Crippen LogP contribution in [0, 0.1) is 5.92 Å². The Balaban J connectivity index is 2.11. The van der Waals surface area contributed by atoms with E-state index in [0.717, 1.165) is 12.3 Å². The van der Waals surface area contributed by atoms with Crippen molar-refractivity contribution in [3.63, 3.8) is 0 Å². The summed E-state index contributed by atoms with van der Waals surface area (Å²) in [4.78, 5) is 0. The van der Waals surface area contributed by atoms with Crippen LogP contribution >= 0.6 is 23.1 Å². The second kappa shape index (κ2) is 5.62. The summed E-state index contributed by atoms with van der Waals surface area (Å²) in [5.74, 6) is 2.95. The van der Waals surface area contributed by atoms with Gasteiger partial charge in [-0.2, -0.15) is 23.1 Å². The summed E-state index contributed by atoms with van der Waals surface area (Å²) in [6.45, 7) is 3.00. The number of nitrogens with two attached hydrogens (primary N) is 1. The van der Waals surface area contributed by atoms with Gasteiger partial charge in [0.15, 0.2) is 0 Å². The zero-order valence-electron chi connectivity index (χ0n) is 7.32. The maximum Gasteiger partial charge on any atom is 0.0192 e. The molecule has 1 nitrogen and oxygen atoms in total. The molecule has 2 N–H and O–H groups in total. The van der Waals surface area contributed by atoms with Crippen LogP contribution in [0.25, 0.3) is 0 Å². The smallest absolute Gasteiger partial charge is 0.0192 e. The van der Waals surface area contributed by atoms with Crippen molar-refractivity contribution >= 4 is 23.1 Å². The molecule has 1 aromatic heterocycles. The third-order valence-corrected chi connectivity index (χ3v) is 3.73. The van der Waals surface area contributed by atoms with E-state index in [1.54, 1.807) is 11.3 Å². The molecule has 0 aliphatic rings. The van der Waals surface area contributed by atoms with E-state index in [9.17, 15) is 0 Å². The van der Waals surface area contributed by atoms with Crippen molar-refractivity contribution in [1.82, 2.24) is 0 Å². The summed E-state index contributed by atoms with van der Waals surface area (Å²) in [6, 6.07) is 2.19. The molecular weight excluding hydrogens is 186 g/mol. The highest BCUT2D eigenvalue weighted by molar-refractivity contribution is 7.98. The van der Waals surface area contributed by atoms with Gasteiger partial charge in [0.1, 0.15) is 0 Å². The van der Waals surface area contributed by atoms with Gasteiger partial charge in [-0.15, -0.1) is 0 Å². The van der Waals surface area contributed by atoms with E-state index in [1.165, 1.54) is 11.3 Å². The van der Waals surface area contributed by atoms with Crippen molar-refractivity contribution in [2.45, 2.75) is 12.7 Å². The molecule has 0 aliphatic heterocycles. The Bertz CT molecular complexity index is 196. The summed E-state index contributed by atoms with van der Waals surface area (Å²) in [6.07, 6.45) is 0. The van der Waals surface area contributed by atoms with Gasteiger partial charge >= 0.3 is 0 Å². The molecule has 68 valence electrons. The van der Waals surface area contributed by atoms with Crippen LogP contribution in [0.5, 0.6) is 0 Å². The second-order valence-electron chi connectivity index (χ2n) is 2.99. The van der Waals surface area contributed by atoms with E-state index < -0.39 is 0 Å². The molecule has 1 aromatic rings. The number of thiophene rings is 1. The van der Waals surface area contributed by atoms with E-state index in [0.29, 0.717) is 5.92 Å². The number of hydrogen-bond donors (Lipinski definition) is 1. The van der Waals surface area contributed by atoms with Crippen LogP contribution in [0.4, 0.5) is 0 Å². The molecule has 12 heavy (non-hydrogen) atoms. The van der Waals surface area contributed by atoms with Gasteiger partial charge in [0, 0.05) is 5.75 Å². The number of thioether (sulfide) groups is 1. The largest absolute Gasteiger partial charge is 0.330 e. The lowest BCUT2D eigenvalue weighted by molar-refractivity contribution is 0.675. The van der Waals surface area contributed by atoms with Gasteiger partial charge in [0.25, 0.3) is 0 Å². The van der Waals surface area contributed by atoms with Gasteiger partial charge in [0.2, 0.25) is 0 Å². The van der Waals surface area contributed by atoms with E-state index in [4.69, 9.17) is 5.73 Å².